The molecule has 0 spiro atoms. The van der Waals surface area contributed by atoms with Crippen LogP contribution in [0.25, 0.3) is 0 Å². The van der Waals surface area contributed by atoms with Crippen LogP contribution in [0.3, 0.4) is 0 Å². The SMILES string of the molecule is COCc1nc(CNC(=O)c2cccc(C(=O)NC3CC3)c2)cs1. The Kier molecular flexibility index (Phi) is 5.22. The predicted molar refractivity (Wildman–Crippen MR) is 90.9 cm³/mol. The van der Waals surface area contributed by atoms with Gasteiger partial charge >= 0.3 is 0 Å². The number of carbonyl (C=O) groups is 2. The van der Waals surface area contributed by atoms with E-state index in [9.17, 15) is 9.59 Å². The van der Waals surface area contributed by atoms with E-state index in [1.165, 1.54) is 11.3 Å². The Morgan fingerprint density at radius 1 is 1.29 bits per heavy atom. The van der Waals surface area contributed by atoms with Crippen molar-refractivity contribution in [1.29, 1.82) is 0 Å². The number of carbonyl (C=O) groups excluding carboxylic acids is 2. The van der Waals surface area contributed by atoms with Gasteiger partial charge in [-0.25, -0.2) is 4.98 Å². The third-order valence-corrected chi connectivity index (χ3v) is 4.47. The van der Waals surface area contributed by atoms with Gasteiger partial charge in [0.1, 0.15) is 5.01 Å². The number of hydrogen-bond donors (Lipinski definition) is 2. The molecule has 0 saturated heterocycles. The second kappa shape index (κ2) is 7.55. The minimum absolute atomic E-state index is 0.129. The van der Waals surface area contributed by atoms with Crippen LogP contribution < -0.4 is 10.6 Å². The smallest absolute Gasteiger partial charge is 0.251 e. The van der Waals surface area contributed by atoms with E-state index in [-0.39, 0.29) is 11.8 Å². The Bertz CT molecular complexity index is 740. The third-order valence-electron chi connectivity index (χ3n) is 3.60. The highest BCUT2D eigenvalue weighted by Crippen LogP contribution is 2.19. The molecule has 0 unspecified atom stereocenters. The molecule has 3 rings (SSSR count). The third kappa shape index (κ3) is 4.39. The minimum Gasteiger partial charge on any atom is -0.378 e. The zero-order valence-corrected chi connectivity index (χ0v) is 14.2. The van der Waals surface area contributed by atoms with Gasteiger partial charge in [0.15, 0.2) is 0 Å². The summed E-state index contributed by atoms with van der Waals surface area (Å²) < 4.78 is 5.03. The molecule has 1 heterocycles. The molecule has 1 aromatic carbocycles. The lowest BCUT2D eigenvalue weighted by Crippen LogP contribution is -2.26. The van der Waals surface area contributed by atoms with E-state index in [0.717, 1.165) is 23.5 Å². The van der Waals surface area contributed by atoms with Crippen LogP contribution in [0.5, 0.6) is 0 Å². The lowest BCUT2D eigenvalue weighted by atomic mass is 10.1. The normalized spacial score (nSPS) is 13.5. The monoisotopic (exact) mass is 345 g/mol. The molecule has 1 aliphatic rings. The lowest BCUT2D eigenvalue weighted by Gasteiger charge is -2.07. The van der Waals surface area contributed by atoms with Crippen LogP contribution in [0.1, 0.15) is 44.3 Å². The molecule has 1 aromatic heterocycles. The largest absolute Gasteiger partial charge is 0.378 e. The fourth-order valence-electron chi connectivity index (χ4n) is 2.19. The number of hydrogen-bond acceptors (Lipinski definition) is 5. The molecule has 0 bridgehead atoms. The van der Waals surface area contributed by atoms with Gasteiger partial charge in [0, 0.05) is 29.7 Å². The molecule has 2 N–H and O–H groups in total. The molecule has 2 amide bonds. The Morgan fingerprint density at radius 2 is 2.04 bits per heavy atom. The molecule has 0 atom stereocenters. The number of rotatable bonds is 7. The summed E-state index contributed by atoms with van der Waals surface area (Å²) in [6.45, 7) is 0.814. The Labute approximate surface area is 144 Å². The number of benzene rings is 1. The number of thiazole rings is 1. The second-order valence-electron chi connectivity index (χ2n) is 5.68. The van der Waals surface area contributed by atoms with Gasteiger partial charge in [-0.1, -0.05) is 6.07 Å². The van der Waals surface area contributed by atoms with Gasteiger partial charge < -0.3 is 15.4 Å². The number of aromatic nitrogens is 1. The summed E-state index contributed by atoms with van der Waals surface area (Å²) in [5, 5.41) is 8.51. The maximum atomic E-state index is 12.3. The summed E-state index contributed by atoms with van der Waals surface area (Å²) in [7, 11) is 1.62. The first-order chi connectivity index (χ1) is 11.7. The fourth-order valence-corrected chi connectivity index (χ4v) is 2.95. The van der Waals surface area contributed by atoms with Crippen molar-refractivity contribution in [2.24, 2.45) is 0 Å². The standard InChI is InChI=1S/C17H19N3O3S/c1-23-9-15-19-14(10-24-15)8-18-16(21)11-3-2-4-12(7-11)17(22)20-13-5-6-13/h2-4,7,10,13H,5-6,8-9H2,1H3,(H,18,21)(H,20,22). The summed E-state index contributed by atoms with van der Waals surface area (Å²) in [6.07, 6.45) is 2.06. The number of nitrogens with one attached hydrogen (secondary N) is 2. The van der Waals surface area contributed by atoms with E-state index in [0.29, 0.717) is 30.3 Å². The van der Waals surface area contributed by atoms with Crippen molar-refractivity contribution in [3.05, 3.63) is 51.5 Å². The minimum atomic E-state index is -0.225. The topological polar surface area (TPSA) is 80.3 Å². The number of methoxy groups -OCH3 is 1. The van der Waals surface area contributed by atoms with Crippen molar-refractivity contribution in [3.63, 3.8) is 0 Å². The average Bonchev–Trinajstić information content (AvgIpc) is 3.30. The van der Waals surface area contributed by atoms with Crippen molar-refractivity contribution in [2.45, 2.75) is 32.0 Å². The van der Waals surface area contributed by atoms with Crippen molar-refractivity contribution in [1.82, 2.24) is 15.6 Å². The maximum Gasteiger partial charge on any atom is 0.251 e. The fraction of sp³-hybridized carbons (Fsp3) is 0.353. The zero-order valence-electron chi connectivity index (χ0n) is 13.4. The van der Waals surface area contributed by atoms with E-state index in [4.69, 9.17) is 4.74 Å². The molecular formula is C17H19N3O3S. The van der Waals surface area contributed by atoms with Gasteiger partial charge in [0.25, 0.3) is 11.8 Å². The van der Waals surface area contributed by atoms with Gasteiger partial charge in [0.05, 0.1) is 18.8 Å². The van der Waals surface area contributed by atoms with E-state index >= 15 is 0 Å². The van der Waals surface area contributed by atoms with Crippen molar-refractivity contribution >= 4 is 23.2 Å². The van der Waals surface area contributed by atoms with Crippen molar-refractivity contribution < 1.29 is 14.3 Å². The van der Waals surface area contributed by atoms with Gasteiger partial charge in [-0.05, 0) is 31.0 Å². The van der Waals surface area contributed by atoms with E-state index < -0.39 is 0 Å². The molecule has 7 heteroatoms. The quantitative estimate of drug-likeness (QED) is 0.805. The maximum absolute atomic E-state index is 12.3. The molecule has 1 aliphatic carbocycles. The van der Waals surface area contributed by atoms with E-state index in [1.54, 1.807) is 31.4 Å². The highest BCUT2D eigenvalue weighted by atomic mass is 32.1. The second-order valence-corrected chi connectivity index (χ2v) is 6.62. The summed E-state index contributed by atoms with van der Waals surface area (Å²) in [5.74, 6) is -0.353. The van der Waals surface area contributed by atoms with Crippen LogP contribution in [0, 0.1) is 0 Å². The predicted octanol–water partition coefficient (Wildman–Crippen LogP) is 2.11. The van der Waals surface area contributed by atoms with E-state index in [1.807, 2.05) is 5.38 Å². The molecule has 1 fully saturated rings. The van der Waals surface area contributed by atoms with Gasteiger partial charge in [-0.3, -0.25) is 9.59 Å². The first kappa shape index (κ1) is 16.6. The van der Waals surface area contributed by atoms with Crippen LogP contribution in [0.15, 0.2) is 29.6 Å². The molecule has 0 radical (unpaired) electrons. The first-order valence-corrected chi connectivity index (χ1v) is 8.65. The summed E-state index contributed by atoms with van der Waals surface area (Å²) >= 11 is 1.50. The van der Waals surface area contributed by atoms with Crippen LogP contribution in [-0.4, -0.2) is 29.9 Å². The lowest BCUT2D eigenvalue weighted by molar-refractivity contribution is 0.0950. The Hall–Kier alpha value is -2.25. The molecule has 24 heavy (non-hydrogen) atoms. The molecule has 126 valence electrons. The van der Waals surface area contributed by atoms with Crippen LogP contribution in [-0.2, 0) is 17.9 Å². The highest BCUT2D eigenvalue weighted by Gasteiger charge is 2.24. The molecule has 1 saturated carbocycles. The highest BCUT2D eigenvalue weighted by molar-refractivity contribution is 7.09. The first-order valence-electron chi connectivity index (χ1n) is 7.77. The molecular weight excluding hydrogens is 326 g/mol. The van der Waals surface area contributed by atoms with Gasteiger partial charge in [-0.15, -0.1) is 11.3 Å². The van der Waals surface area contributed by atoms with Gasteiger partial charge in [0.2, 0.25) is 0 Å². The van der Waals surface area contributed by atoms with Crippen molar-refractivity contribution in [2.75, 3.05) is 7.11 Å². The Morgan fingerprint density at radius 3 is 2.75 bits per heavy atom. The zero-order chi connectivity index (χ0) is 16.9. The summed E-state index contributed by atoms with van der Waals surface area (Å²) in [4.78, 5) is 28.7. The number of amides is 2. The number of ether oxygens (including phenoxy) is 1. The average molecular weight is 345 g/mol. The molecule has 2 aromatic rings. The Balaban J connectivity index is 1.58. The van der Waals surface area contributed by atoms with Crippen LogP contribution in [0.2, 0.25) is 0 Å². The van der Waals surface area contributed by atoms with Crippen LogP contribution >= 0.6 is 11.3 Å². The summed E-state index contributed by atoms with van der Waals surface area (Å²) in [5.41, 5.74) is 1.76. The van der Waals surface area contributed by atoms with Crippen LogP contribution in [0.4, 0.5) is 0 Å². The molecule has 0 aliphatic heterocycles. The summed E-state index contributed by atoms with van der Waals surface area (Å²) in [6, 6.07) is 7.04. The van der Waals surface area contributed by atoms with Gasteiger partial charge in [-0.2, -0.15) is 0 Å². The van der Waals surface area contributed by atoms with Crippen molar-refractivity contribution in [3.8, 4) is 0 Å². The van der Waals surface area contributed by atoms with E-state index in [2.05, 4.69) is 15.6 Å². The molecule has 6 nitrogen and oxygen atoms in total. The number of nitrogens with zero attached hydrogens (tertiary/aromatic N) is 1.